The number of carbonyl (C=O) groups is 3. The molecule has 1 aromatic rings. The number of nitrogens with one attached hydrogen (secondary N) is 1. The van der Waals surface area contributed by atoms with Gasteiger partial charge in [0.15, 0.2) is 23.2 Å². The highest BCUT2D eigenvalue weighted by Crippen LogP contribution is 2.34. The average Bonchev–Trinajstić information content (AvgIpc) is 2.67. The lowest BCUT2D eigenvalue weighted by atomic mass is 10.0. The second kappa shape index (κ2) is 9.65. The summed E-state index contributed by atoms with van der Waals surface area (Å²) in [5, 5.41) is 11.4. The van der Waals surface area contributed by atoms with Crippen LogP contribution in [0.2, 0.25) is 0 Å². The van der Waals surface area contributed by atoms with Crippen molar-refractivity contribution >= 4 is 41.2 Å². The number of ether oxygens (including phenoxy) is 2. The van der Waals surface area contributed by atoms with Crippen LogP contribution in [-0.2, 0) is 20.8 Å². The Labute approximate surface area is 173 Å². The molecule has 0 aliphatic carbocycles. The largest absolute Gasteiger partial charge is 0.493 e. The molecule has 9 heteroatoms. The van der Waals surface area contributed by atoms with Crippen LogP contribution in [0.15, 0.2) is 43.0 Å². The molecule has 0 aromatic heterocycles. The number of hydrogen-bond acceptors (Lipinski definition) is 6. The number of aliphatic carboxylic acids is 1. The molecule has 1 aromatic carbocycles. The lowest BCUT2D eigenvalue weighted by Crippen LogP contribution is -2.53. The van der Waals surface area contributed by atoms with Crippen molar-refractivity contribution < 1.29 is 29.0 Å². The maximum absolute atomic E-state index is 12.7. The van der Waals surface area contributed by atoms with Crippen molar-refractivity contribution in [2.45, 2.75) is 6.42 Å². The van der Waals surface area contributed by atoms with Crippen LogP contribution in [0.5, 0.6) is 11.5 Å². The molecular weight excluding hydrogens is 396 g/mol. The van der Waals surface area contributed by atoms with Crippen LogP contribution in [0.4, 0.5) is 0 Å². The Hall–Kier alpha value is -3.46. The Bertz CT molecular complexity index is 922. The van der Waals surface area contributed by atoms with E-state index in [4.69, 9.17) is 26.8 Å². The Morgan fingerprint density at radius 3 is 2.62 bits per heavy atom. The molecule has 2 rings (SSSR count). The molecular formula is C20H20N2O6S. The molecule has 1 heterocycles. The minimum absolute atomic E-state index is 0.0133. The maximum Gasteiger partial charge on any atom is 0.341 e. The van der Waals surface area contributed by atoms with Gasteiger partial charge in [-0.2, -0.15) is 0 Å². The Balaban J connectivity index is 2.51. The van der Waals surface area contributed by atoms with Crippen LogP contribution < -0.4 is 14.8 Å². The van der Waals surface area contributed by atoms with Gasteiger partial charge in [-0.1, -0.05) is 12.2 Å². The van der Waals surface area contributed by atoms with Crippen molar-refractivity contribution in [2.24, 2.45) is 0 Å². The molecule has 1 fully saturated rings. The Morgan fingerprint density at radius 2 is 2.03 bits per heavy atom. The van der Waals surface area contributed by atoms with Crippen LogP contribution in [0.1, 0.15) is 11.1 Å². The Kier molecular flexibility index (Phi) is 7.27. The molecule has 1 aliphatic heterocycles. The quantitative estimate of drug-likeness (QED) is 0.273. The van der Waals surface area contributed by atoms with E-state index in [1.54, 1.807) is 18.2 Å². The number of nitrogens with zero attached hydrogens (tertiary/aromatic N) is 1. The summed E-state index contributed by atoms with van der Waals surface area (Å²) in [4.78, 5) is 37.1. The van der Waals surface area contributed by atoms with Crippen LogP contribution >= 0.6 is 12.2 Å². The van der Waals surface area contributed by atoms with E-state index >= 15 is 0 Å². The van der Waals surface area contributed by atoms with Gasteiger partial charge in [-0.15, -0.1) is 13.2 Å². The molecule has 0 unspecified atom stereocenters. The lowest BCUT2D eigenvalue weighted by Gasteiger charge is -2.27. The molecule has 1 aliphatic rings. The van der Waals surface area contributed by atoms with Gasteiger partial charge in [-0.3, -0.25) is 19.8 Å². The van der Waals surface area contributed by atoms with Crippen molar-refractivity contribution in [3.05, 3.63) is 54.1 Å². The van der Waals surface area contributed by atoms with E-state index < -0.39 is 24.4 Å². The fourth-order valence-electron chi connectivity index (χ4n) is 2.68. The molecule has 2 amide bonds. The summed E-state index contributed by atoms with van der Waals surface area (Å²) in [7, 11) is 1.40. The molecule has 0 radical (unpaired) electrons. The summed E-state index contributed by atoms with van der Waals surface area (Å²) in [6.07, 6.45) is 4.88. The van der Waals surface area contributed by atoms with E-state index in [9.17, 15) is 14.4 Å². The number of carboxylic acid groups (broad SMARTS) is 1. The maximum atomic E-state index is 12.7. The Morgan fingerprint density at radius 1 is 1.31 bits per heavy atom. The van der Waals surface area contributed by atoms with Crippen molar-refractivity contribution in [1.29, 1.82) is 0 Å². The summed E-state index contributed by atoms with van der Waals surface area (Å²) >= 11 is 5.03. The number of allylic oxidation sites excluding steroid dienone is 1. The number of rotatable bonds is 9. The first-order valence-corrected chi connectivity index (χ1v) is 8.89. The number of carboxylic acids is 1. The van der Waals surface area contributed by atoms with Gasteiger partial charge in [-0.25, -0.2) is 4.79 Å². The highest BCUT2D eigenvalue weighted by molar-refractivity contribution is 7.80. The molecule has 8 nitrogen and oxygen atoms in total. The van der Waals surface area contributed by atoms with E-state index in [1.165, 1.54) is 24.2 Å². The third-order valence-electron chi connectivity index (χ3n) is 3.89. The molecule has 152 valence electrons. The van der Waals surface area contributed by atoms with Crippen molar-refractivity contribution in [2.75, 3.05) is 20.3 Å². The molecule has 0 spiro atoms. The number of amides is 2. The van der Waals surface area contributed by atoms with Gasteiger partial charge < -0.3 is 14.6 Å². The van der Waals surface area contributed by atoms with E-state index in [0.717, 1.165) is 0 Å². The first-order chi connectivity index (χ1) is 13.8. The first-order valence-electron chi connectivity index (χ1n) is 8.48. The zero-order valence-electron chi connectivity index (χ0n) is 15.8. The molecule has 0 saturated carbocycles. The molecule has 1 saturated heterocycles. The summed E-state index contributed by atoms with van der Waals surface area (Å²) in [5.74, 6) is -1.78. The van der Waals surface area contributed by atoms with Crippen LogP contribution in [0.3, 0.4) is 0 Å². The van der Waals surface area contributed by atoms with Crippen molar-refractivity contribution in [3.8, 4) is 11.5 Å². The second-order valence-electron chi connectivity index (χ2n) is 5.91. The fraction of sp³-hybridized carbons (Fsp3) is 0.200. The minimum Gasteiger partial charge on any atom is -0.493 e. The SMILES string of the molecule is C=CCc1cc(/C=C2\C(=O)NC(=S)N(CC=C)C2=O)cc(OC)c1OCC(=O)O. The summed E-state index contributed by atoms with van der Waals surface area (Å²) in [6, 6.07) is 3.21. The number of thiocarbonyl (C=S) groups is 1. The normalized spacial score (nSPS) is 15.1. The number of benzene rings is 1. The van der Waals surface area contributed by atoms with Gasteiger partial charge >= 0.3 is 5.97 Å². The smallest absolute Gasteiger partial charge is 0.341 e. The average molecular weight is 416 g/mol. The zero-order valence-corrected chi connectivity index (χ0v) is 16.6. The monoisotopic (exact) mass is 416 g/mol. The molecule has 29 heavy (non-hydrogen) atoms. The molecule has 0 atom stereocenters. The van der Waals surface area contributed by atoms with Crippen molar-refractivity contribution in [3.63, 3.8) is 0 Å². The van der Waals surface area contributed by atoms with Gasteiger partial charge in [0.2, 0.25) is 0 Å². The van der Waals surface area contributed by atoms with Gasteiger partial charge in [0.05, 0.1) is 7.11 Å². The van der Waals surface area contributed by atoms with E-state index in [-0.39, 0.29) is 28.7 Å². The topological polar surface area (TPSA) is 105 Å². The van der Waals surface area contributed by atoms with Crippen LogP contribution in [-0.4, -0.2) is 53.2 Å². The summed E-state index contributed by atoms with van der Waals surface area (Å²) in [6.45, 7) is 6.87. The van der Waals surface area contributed by atoms with Gasteiger partial charge in [0, 0.05) is 12.1 Å². The third-order valence-corrected chi connectivity index (χ3v) is 4.21. The highest BCUT2D eigenvalue weighted by Gasteiger charge is 2.32. The minimum atomic E-state index is -1.13. The van der Waals surface area contributed by atoms with Gasteiger partial charge in [0.1, 0.15) is 5.57 Å². The standard InChI is InChI=1S/C20H20N2O6S/c1-4-6-13-8-12(10-15(27-3)17(13)28-11-16(23)24)9-14-18(25)21-20(29)22(7-5-2)19(14)26/h4-5,8-10H,1-2,6-7,11H2,3H3,(H,23,24)(H,21,25,29)/b14-9+. The second-order valence-corrected chi connectivity index (χ2v) is 6.30. The highest BCUT2D eigenvalue weighted by atomic mass is 32.1. The first kappa shape index (κ1) is 21.8. The molecule has 2 N–H and O–H groups in total. The predicted octanol–water partition coefficient (Wildman–Crippen LogP) is 1.70. The predicted molar refractivity (Wildman–Crippen MR) is 111 cm³/mol. The lowest BCUT2D eigenvalue weighted by molar-refractivity contribution is -0.139. The number of hydrogen-bond donors (Lipinski definition) is 2. The number of methoxy groups -OCH3 is 1. The van der Waals surface area contributed by atoms with E-state index in [1.807, 2.05) is 0 Å². The summed E-state index contributed by atoms with van der Waals surface area (Å²) in [5.41, 5.74) is 0.979. The summed E-state index contributed by atoms with van der Waals surface area (Å²) < 4.78 is 10.7. The van der Waals surface area contributed by atoms with E-state index in [2.05, 4.69) is 18.5 Å². The van der Waals surface area contributed by atoms with Gasteiger partial charge in [0.25, 0.3) is 11.8 Å². The molecule has 0 bridgehead atoms. The van der Waals surface area contributed by atoms with Crippen LogP contribution in [0, 0.1) is 0 Å². The van der Waals surface area contributed by atoms with Crippen molar-refractivity contribution in [1.82, 2.24) is 10.2 Å². The van der Waals surface area contributed by atoms with E-state index in [0.29, 0.717) is 17.5 Å². The number of carbonyl (C=O) groups excluding carboxylic acids is 2. The fourth-order valence-corrected chi connectivity index (χ4v) is 2.93. The van der Waals surface area contributed by atoms with Crippen LogP contribution in [0.25, 0.3) is 6.08 Å². The van der Waals surface area contributed by atoms with Gasteiger partial charge in [-0.05, 0) is 42.4 Å². The zero-order chi connectivity index (χ0) is 21.6. The third kappa shape index (κ3) is 5.08.